The van der Waals surface area contributed by atoms with Crippen LogP contribution in [0.5, 0.6) is 0 Å². The zero-order valence-corrected chi connectivity index (χ0v) is 11.2. The molecule has 0 heterocycles. The predicted molar refractivity (Wildman–Crippen MR) is 69.7 cm³/mol. The summed E-state index contributed by atoms with van der Waals surface area (Å²) in [6, 6.07) is 3.56. The number of allylic oxidation sites excluding steroid dienone is 1. The number of carbonyl (C=O) groups is 1. The Bertz CT molecular complexity index is 487. The van der Waals surface area contributed by atoms with Crippen LogP contribution in [0.4, 0.5) is 13.2 Å². The van der Waals surface area contributed by atoms with Crippen LogP contribution < -0.4 is 0 Å². The van der Waals surface area contributed by atoms with Gasteiger partial charge < -0.3 is 0 Å². The highest BCUT2D eigenvalue weighted by molar-refractivity contribution is 5.82. The van der Waals surface area contributed by atoms with Gasteiger partial charge in [-0.3, -0.25) is 4.79 Å². The minimum atomic E-state index is -4.37. The highest BCUT2D eigenvalue weighted by Crippen LogP contribution is 2.31. The molecule has 0 saturated heterocycles. The second kappa shape index (κ2) is 6.04. The Hall–Kier alpha value is -1.58. The topological polar surface area (TPSA) is 17.1 Å². The highest BCUT2D eigenvalue weighted by Gasteiger charge is 2.30. The summed E-state index contributed by atoms with van der Waals surface area (Å²) in [6.07, 6.45) is -1.34. The molecule has 19 heavy (non-hydrogen) atoms. The smallest absolute Gasteiger partial charge is 0.298 e. The van der Waals surface area contributed by atoms with Gasteiger partial charge in [0.2, 0.25) is 0 Å². The molecular formula is C15H17F3O. The number of benzene rings is 1. The van der Waals surface area contributed by atoms with Gasteiger partial charge in [0.05, 0.1) is 5.56 Å². The number of aryl methyl sites for hydroxylation is 1. The van der Waals surface area contributed by atoms with Crippen molar-refractivity contribution in [1.82, 2.24) is 0 Å². The molecule has 0 aliphatic heterocycles. The van der Waals surface area contributed by atoms with Crippen LogP contribution in [-0.4, -0.2) is 6.29 Å². The summed E-state index contributed by atoms with van der Waals surface area (Å²) in [5.41, 5.74) is 0.983. The van der Waals surface area contributed by atoms with Crippen LogP contribution >= 0.6 is 0 Å². The van der Waals surface area contributed by atoms with E-state index in [4.69, 9.17) is 0 Å². The SMILES string of the molecule is CCC(C)/C(C=O)=C\c1cc(C(F)(F)F)ccc1C. The van der Waals surface area contributed by atoms with Gasteiger partial charge >= 0.3 is 6.18 Å². The maximum Gasteiger partial charge on any atom is 0.416 e. The number of carbonyl (C=O) groups excluding carboxylic acids is 1. The highest BCUT2D eigenvalue weighted by atomic mass is 19.4. The monoisotopic (exact) mass is 270 g/mol. The van der Waals surface area contributed by atoms with E-state index in [1.54, 1.807) is 13.0 Å². The molecule has 0 spiro atoms. The summed E-state index contributed by atoms with van der Waals surface area (Å²) in [6.45, 7) is 5.54. The van der Waals surface area contributed by atoms with Gasteiger partial charge in [0.15, 0.2) is 0 Å². The lowest BCUT2D eigenvalue weighted by molar-refractivity contribution is -0.137. The van der Waals surface area contributed by atoms with Crippen LogP contribution in [0.1, 0.15) is 37.0 Å². The molecule has 104 valence electrons. The molecule has 0 saturated carbocycles. The van der Waals surface area contributed by atoms with Crippen LogP contribution in [0.3, 0.4) is 0 Å². The van der Waals surface area contributed by atoms with Crippen LogP contribution in [-0.2, 0) is 11.0 Å². The minimum absolute atomic E-state index is 0.0337. The Labute approximate surface area is 111 Å². The Morgan fingerprint density at radius 2 is 2.00 bits per heavy atom. The van der Waals surface area contributed by atoms with Crippen molar-refractivity contribution in [1.29, 1.82) is 0 Å². The predicted octanol–water partition coefficient (Wildman–Crippen LogP) is 4.64. The van der Waals surface area contributed by atoms with E-state index < -0.39 is 11.7 Å². The second-order valence-electron chi connectivity index (χ2n) is 4.64. The molecule has 0 amide bonds. The zero-order chi connectivity index (χ0) is 14.6. The zero-order valence-electron chi connectivity index (χ0n) is 11.2. The van der Waals surface area contributed by atoms with Crippen molar-refractivity contribution in [2.24, 2.45) is 5.92 Å². The molecule has 0 radical (unpaired) electrons. The van der Waals surface area contributed by atoms with E-state index in [0.29, 0.717) is 17.4 Å². The molecule has 1 atom stereocenters. The van der Waals surface area contributed by atoms with E-state index >= 15 is 0 Å². The normalized spacial score (nSPS) is 14.3. The summed E-state index contributed by atoms with van der Waals surface area (Å²) >= 11 is 0. The second-order valence-corrected chi connectivity index (χ2v) is 4.64. The molecule has 0 fully saturated rings. The molecule has 1 rings (SSSR count). The van der Waals surface area contributed by atoms with Crippen molar-refractivity contribution in [2.75, 3.05) is 0 Å². The van der Waals surface area contributed by atoms with Gasteiger partial charge in [0.25, 0.3) is 0 Å². The molecule has 0 aromatic heterocycles. The van der Waals surface area contributed by atoms with Crippen molar-refractivity contribution >= 4 is 12.4 Å². The number of hydrogen-bond donors (Lipinski definition) is 0. The van der Waals surface area contributed by atoms with Crippen molar-refractivity contribution in [3.8, 4) is 0 Å². The molecule has 1 unspecified atom stereocenters. The average Bonchev–Trinajstić information content (AvgIpc) is 2.35. The van der Waals surface area contributed by atoms with Gasteiger partial charge in [0, 0.05) is 0 Å². The van der Waals surface area contributed by atoms with Crippen LogP contribution in [0.25, 0.3) is 6.08 Å². The summed E-state index contributed by atoms with van der Waals surface area (Å²) in [5.74, 6) is 0.0337. The average molecular weight is 270 g/mol. The first-order chi connectivity index (χ1) is 8.79. The minimum Gasteiger partial charge on any atom is -0.298 e. The lowest BCUT2D eigenvalue weighted by Crippen LogP contribution is -2.06. The van der Waals surface area contributed by atoms with E-state index in [9.17, 15) is 18.0 Å². The van der Waals surface area contributed by atoms with E-state index in [1.807, 2.05) is 13.8 Å². The molecule has 1 aromatic rings. The van der Waals surface area contributed by atoms with Gasteiger partial charge in [-0.25, -0.2) is 0 Å². The number of halogens is 3. The molecule has 4 heteroatoms. The lowest BCUT2D eigenvalue weighted by Gasteiger charge is -2.12. The largest absolute Gasteiger partial charge is 0.416 e. The van der Waals surface area contributed by atoms with E-state index in [0.717, 1.165) is 24.1 Å². The van der Waals surface area contributed by atoms with Crippen molar-refractivity contribution in [3.05, 3.63) is 40.5 Å². The van der Waals surface area contributed by atoms with E-state index in [2.05, 4.69) is 0 Å². The van der Waals surface area contributed by atoms with Crippen LogP contribution in [0.15, 0.2) is 23.8 Å². The van der Waals surface area contributed by atoms with E-state index in [-0.39, 0.29) is 5.92 Å². The molecule has 0 aliphatic carbocycles. The number of aldehydes is 1. The third-order valence-electron chi connectivity index (χ3n) is 3.25. The Balaban J connectivity index is 3.26. The molecule has 0 bridgehead atoms. The van der Waals surface area contributed by atoms with Gasteiger partial charge in [-0.1, -0.05) is 19.9 Å². The first kappa shape index (κ1) is 15.5. The Morgan fingerprint density at radius 1 is 1.37 bits per heavy atom. The lowest BCUT2D eigenvalue weighted by atomic mass is 9.95. The third kappa shape index (κ3) is 3.94. The van der Waals surface area contributed by atoms with Crippen molar-refractivity contribution < 1.29 is 18.0 Å². The molecular weight excluding hydrogens is 253 g/mol. The Morgan fingerprint density at radius 3 is 2.47 bits per heavy atom. The fourth-order valence-electron chi connectivity index (χ4n) is 1.68. The van der Waals surface area contributed by atoms with E-state index in [1.165, 1.54) is 6.07 Å². The van der Waals surface area contributed by atoms with Crippen LogP contribution in [0.2, 0.25) is 0 Å². The standard InChI is InChI=1S/C15H17F3O/c1-4-10(2)13(9-19)7-12-8-14(15(16,17)18)6-5-11(12)3/h5-10H,4H2,1-3H3/b13-7-. The quantitative estimate of drug-likeness (QED) is 0.575. The summed E-state index contributed by atoms with van der Waals surface area (Å²) in [7, 11) is 0. The van der Waals surface area contributed by atoms with Gasteiger partial charge in [-0.05, 0) is 54.2 Å². The van der Waals surface area contributed by atoms with Crippen LogP contribution in [0, 0.1) is 12.8 Å². The molecule has 1 aromatic carbocycles. The third-order valence-corrected chi connectivity index (χ3v) is 3.25. The number of alkyl halides is 3. The van der Waals surface area contributed by atoms with Gasteiger partial charge in [-0.2, -0.15) is 13.2 Å². The number of hydrogen-bond acceptors (Lipinski definition) is 1. The van der Waals surface area contributed by atoms with Crippen molar-refractivity contribution in [2.45, 2.75) is 33.4 Å². The van der Waals surface area contributed by atoms with Gasteiger partial charge in [0.1, 0.15) is 6.29 Å². The maximum atomic E-state index is 12.7. The van der Waals surface area contributed by atoms with Gasteiger partial charge in [-0.15, -0.1) is 0 Å². The first-order valence-corrected chi connectivity index (χ1v) is 6.14. The molecule has 1 nitrogen and oxygen atoms in total. The molecule has 0 N–H and O–H groups in total. The first-order valence-electron chi connectivity index (χ1n) is 6.14. The Kier molecular flexibility index (Phi) is 4.92. The van der Waals surface area contributed by atoms with Crippen molar-refractivity contribution in [3.63, 3.8) is 0 Å². The molecule has 0 aliphatic rings. The summed E-state index contributed by atoms with van der Waals surface area (Å²) in [5, 5.41) is 0. The summed E-state index contributed by atoms with van der Waals surface area (Å²) in [4.78, 5) is 11.0. The maximum absolute atomic E-state index is 12.7. The number of rotatable bonds is 4. The summed E-state index contributed by atoms with van der Waals surface area (Å²) < 4.78 is 38.0. The fraction of sp³-hybridized carbons (Fsp3) is 0.400. The fourth-order valence-corrected chi connectivity index (χ4v) is 1.68.